The zero-order valence-electron chi connectivity index (χ0n) is 22.2. The fourth-order valence-corrected chi connectivity index (χ4v) is 5.48. The highest BCUT2D eigenvalue weighted by Crippen LogP contribution is 2.32. The summed E-state index contributed by atoms with van der Waals surface area (Å²) in [6.07, 6.45) is 1.29. The van der Waals surface area contributed by atoms with Crippen LogP contribution in [0, 0.1) is 0 Å². The van der Waals surface area contributed by atoms with Crippen LogP contribution in [0.4, 0.5) is 0 Å². The molecule has 2 aromatic heterocycles. The normalized spacial score (nSPS) is 15.1. The molecule has 0 fully saturated rings. The van der Waals surface area contributed by atoms with E-state index in [1.54, 1.807) is 70.4 Å². The van der Waals surface area contributed by atoms with Gasteiger partial charge in [-0.05, 0) is 62.7 Å². The molecule has 0 saturated carbocycles. The molecule has 9 nitrogen and oxygen atoms in total. The number of thiazole rings is 1. The highest BCUT2D eigenvalue weighted by molar-refractivity contribution is 7.07. The Morgan fingerprint density at radius 3 is 2.40 bits per heavy atom. The maximum atomic E-state index is 13.8. The van der Waals surface area contributed by atoms with Crippen molar-refractivity contribution >= 4 is 29.4 Å². The molecule has 0 bridgehead atoms. The molecule has 5 rings (SSSR count). The maximum Gasteiger partial charge on any atom is 0.338 e. The average molecular weight is 559 g/mol. The van der Waals surface area contributed by atoms with Gasteiger partial charge in [-0.15, -0.1) is 0 Å². The third kappa shape index (κ3) is 5.13. The van der Waals surface area contributed by atoms with E-state index in [0.717, 1.165) is 0 Å². The van der Waals surface area contributed by atoms with E-state index in [0.29, 0.717) is 49.0 Å². The Bertz CT molecular complexity index is 1810. The SMILES string of the molecule is COc1ccc(C2C(C(=O)OC(C)C)=C(C)N=c3s/c(=C\c4ccc(-c5ccc(C(=O)O)cc5)o4)c(=O)n32)cc1. The lowest BCUT2D eigenvalue weighted by Gasteiger charge is -2.25. The fraction of sp³-hybridized carbons (Fsp3) is 0.200. The number of benzene rings is 2. The quantitative estimate of drug-likeness (QED) is 0.338. The molecule has 0 spiro atoms. The first kappa shape index (κ1) is 26.9. The minimum atomic E-state index is -1.01. The number of carbonyl (C=O) groups excluding carboxylic acids is 1. The third-order valence-corrected chi connectivity index (χ3v) is 7.32. The molecule has 4 aromatic rings. The van der Waals surface area contributed by atoms with Crippen LogP contribution in [0.3, 0.4) is 0 Å². The summed E-state index contributed by atoms with van der Waals surface area (Å²) < 4.78 is 18.7. The number of nitrogens with zero attached hydrogens (tertiary/aromatic N) is 2. The molecule has 204 valence electrons. The number of carbonyl (C=O) groups is 2. The number of aromatic carboxylic acids is 1. The summed E-state index contributed by atoms with van der Waals surface area (Å²) in [7, 11) is 1.57. The van der Waals surface area contributed by atoms with Gasteiger partial charge in [0.05, 0.1) is 40.6 Å². The number of hydrogen-bond donors (Lipinski definition) is 1. The van der Waals surface area contributed by atoms with Gasteiger partial charge in [0.1, 0.15) is 17.3 Å². The molecule has 3 heterocycles. The maximum absolute atomic E-state index is 13.8. The van der Waals surface area contributed by atoms with Crippen LogP contribution in [0.2, 0.25) is 0 Å². The lowest BCUT2D eigenvalue weighted by atomic mass is 9.96. The van der Waals surface area contributed by atoms with Crippen LogP contribution in [-0.4, -0.2) is 34.8 Å². The monoisotopic (exact) mass is 558 g/mol. The van der Waals surface area contributed by atoms with Gasteiger partial charge in [0.15, 0.2) is 4.80 Å². The van der Waals surface area contributed by atoms with E-state index in [-0.39, 0.29) is 17.2 Å². The van der Waals surface area contributed by atoms with E-state index in [1.165, 1.54) is 28.0 Å². The molecule has 1 atom stereocenters. The van der Waals surface area contributed by atoms with Crippen molar-refractivity contribution in [1.29, 1.82) is 0 Å². The van der Waals surface area contributed by atoms with E-state index in [9.17, 15) is 14.4 Å². The molecular formula is C30H26N2O7S. The van der Waals surface area contributed by atoms with Crippen LogP contribution in [0.25, 0.3) is 17.4 Å². The van der Waals surface area contributed by atoms with Crippen LogP contribution in [-0.2, 0) is 9.53 Å². The second-order valence-corrected chi connectivity index (χ2v) is 10.4. The molecule has 2 aromatic carbocycles. The molecule has 0 amide bonds. The predicted molar refractivity (Wildman–Crippen MR) is 149 cm³/mol. The smallest absolute Gasteiger partial charge is 0.338 e. The fourth-order valence-electron chi connectivity index (χ4n) is 4.45. The number of esters is 1. The lowest BCUT2D eigenvalue weighted by molar-refractivity contribution is -0.143. The Kier molecular flexibility index (Phi) is 7.27. The summed E-state index contributed by atoms with van der Waals surface area (Å²) in [5.74, 6) is 0.0801. The Labute approximate surface area is 232 Å². The van der Waals surface area contributed by atoms with E-state index in [2.05, 4.69) is 4.99 Å². The van der Waals surface area contributed by atoms with Crippen LogP contribution >= 0.6 is 11.3 Å². The standard InChI is InChI=1S/C30H26N2O7S/c1-16(2)38-29(36)25-17(3)31-30-32(26(25)19-9-11-21(37-4)12-10-19)27(33)24(40-30)15-22-13-14-23(39-22)18-5-7-20(8-6-18)28(34)35/h5-16,26H,1-4H3,(H,34,35)/b24-15-. The van der Waals surface area contributed by atoms with Gasteiger partial charge in [-0.2, -0.15) is 0 Å². The summed E-state index contributed by atoms with van der Waals surface area (Å²) >= 11 is 1.20. The summed E-state index contributed by atoms with van der Waals surface area (Å²) in [6, 6.07) is 16.3. The summed E-state index contributed by atoms with van der Waals surface area (Å²) in [6.45, 7) is 5.27. The Morgan fingerprint density at radius 2 is 1.77 bits per heavy atom. The molecule has 1 aliphatic rings. The second-order valence-electron chi connectivity index (χ2n) is 9.39. The number of allylic oxidation sites excluding steroid dienone is 1. The minimum Gasteiger partial charge on any atom is -0.497 e. The number of carboxylic acid groups (broad SMARTS) is 1. The number of aromatic nitrogens is 1. The van der Waals surface area contributed by atoms with Crippen molar-refractivity contribution in [1.82, 2.24) is 4.57 Å². The number of methoxy groups -OCH3 is 1. The minimum absolute atomic E-state index is 0.176. The van der Waals surface area contributed by atoms with Gasteiger partial charge in [0.2, 0.25) is 0 Å². The summed E-state index contributed by atoms with van der Waals surface area (Å²) in [5, 5.41) is 9.13. The number of rotatable bonds is 7. The van der Waals surface area contributed by atoms with E-state index < -0.39 is 18.0 Å². The predicted octanol–water partition coefficient (Wildman–Crippen LogP) is 4.15. The molecule has 40 heavy (non-hydrogen) atoms. The first-order chi connectivity index (χ1) is 19.2. The topological polar surface area (TPSA) is 120 Å². The molecule has 1 N–H and O–H groups in total. The van der Waals surface area contributed by atoms with Gasteiger partial charge in [-0.3, -0.25) is 9.36 Å². The lowest BCUT2D eigenvalue weighted by Crippen LogP contribution is -2.40. The molecule has 0 radical (unpaired) electrons. The van der Waals surface area contributed by atoms with Gasteiger partial charge in [-0.25, -0.2) is 14.6 Å². The average Bonchev–Trinajstić information content (AvgIpc) is 3.52. The van der Waals surface area contributed by atoms with Crippen molar-refractivity contribution in [2.24, 2.45) is 4.99 Å². The Morgan fingerprint density at radius 1 is 1.07 bits per heavy atom. The van der Waals surface area contributed by atoms with E-state index >= 15 is 0 Å². The number of fused-ring (bicyclic) bond motifs is 1. The van der Waals surface area contributed by atoms with Crippen molar-refractivity contribution in [2.75, 3.05) is 7.11 Å². The summed E-state index contributed by atoms with van der Waals surface area (Å²) in [4.78, 5) is 43.2. The number of carboxylic acids is 1. The van der Waals surface area contributed by atoms with E-state index in [4.69, 9.17) is 19.0 Å². The number of hydrogen-bond acceptors (Lipinski definition) is 8. The number of ether oxygens (including phenoxy) is 2. The Balaban J connectivity index is 1.59. The van der Waals surface area contributed by atoms with Gasteiger partial charge in [0, 0.05) is 11.6 Å². The van der Waals surface area contributed by atoms with Crippen LogP contribution < -0.4 is 19.6 Å². The first-order valence-corrected chi connectivity index (χ1v) is 13.3. The van der Waals surface area contributed by atoms with Crippen molar-refractivity contribution in [3.63, 3.8) is 0 Å². The van der Waals surface area contributed by atoms with E-state index in [1.807, 2.05) is 12.1 Å². The van der Waals surface area contributed by atoms with Crippen molar-refractivity contribution in [3.05, 3.63) is 109 Å². The van der Waals surface area contributed by atoms with Crippen molar-refractivity contribution in [2.45, 2.75) is 32.9 Å². The van der Waals surface area contributed by atoms with Gasteiger partial charge in [0.25, 0.3) is 5.56 Å². The second kappa shape index (κ2) is 10.8. The van der Waals surface area contributed by atoms with Gasteiger partial charge >= 0.3 is 11.9 Å². The highest BCUT2D eigenvalue weighted by atomic mass is 32.1. The van der Waals surface area contributed by atoms with Crippen molar-refractivity contribution in [3.8, 4) is 17.1 Å². The highest BCUT2D eigenvalue weighted by Gasteiger charge is 2.33. The first-order valence-electron chi connectivity index (χ1n) is 12.5. The Hall–Kier alpha value is -4.70. The zero-order chi connectivity index (χ0) is 28.6. The molecule has 1 aliphatic heterocycles. The third-order valence-electron chi connectivity index (χ3n) is 6.33. The van der Waals surface area contributed by atoms with Gasteiger partial charge in [-0.1, -0.05) is 35.6 Å². The largest absolute Gasteiger partial charge is 0.497 e. The van der Waals surface area contributed by atoms with Crippen molar-refractivity contribution < 1.29 is 28.6 Å². The molecule has 1 unspecified atom stereocenters. The molecular weight excluding hydrogens is 532 g/mol. The molecule has 0 aliphatic carbocycles. The number of furan rings is 1. The van der Waals surface area contributed by atoms with Gasteiger partial charge < -0.3 is 19.0 Å². The molecule has 0 saturated heterocycles. The van der Waals surface area contributed by atoms with Crippen LogP contribution in [0.1, 0.15) is 48.5 Å². The summed E-state index contributed by atoms with van der Waals surface area (Å²) in [5.41, 5.74) is 2.04. The van der Waals surface area contributed by atoms with Crippen LogP contribution in [0.15, 0.2) is 86.1 Å². The molecule has 10 heteroatoms. The zero-order valence-corrected chi connectivity index (χ0v) is 23.0. The van der Waals surface area contributed by atoms with Crippen LogP contribution in [0.5, 0.6) is 5.75 Å².